The standard InChI is InChI=1S/C2H5O3P.2C2H2/c1-2-5-6(3)4;2*1-2/h2,6H,1H2,(H,3,4);2*1-2H. The van der Waals surface area contributed by atoms with E-state index >= 15 is 0 Å². The quantitative estimate of drug-likeness (QED) is 0.372. The molecule has 1 N–H and O–H groups in total. The number of hydrogen-bond donors (Lipinski definition) is 1. The zero-order valence-electron chi connectivity index (χ0n) is 5.36. The van der Waals surface area contributed by atoms with Gasteiger partial charge in [0, 0.05) is 0 Å². The summed E-state index contributed by atoms with van der Waals surface area (Å²) in [6.07, 6.45) is 16.9. The van der Waals surface area contributed by atoms with Crippen LogP contribution in [0.2, 0.25) is 0 Å². The lowest BCUT2D eigenvalue weighted by molar-refractivity contribution is 0.379. The lowest BCUT2D eigenvalue weighted by atomic mass is 11.2. The van der Waals surface area contributed by atoms with Crippen molar-refractivity contribution in [2.75, 3.05) is 0 Å². The van der Waals surface area contributed by atoms with Crippen molar-refractivity contribution in [3.8, 4) is 25.7 Å². The highest BCUT2D eigenvalue weighted by Gasteiger charge is 1.77. The smallest absolute Gasteiger partial charge is 0.364 e. The van der Waals surface area contributed by atoms with Gasteiger partial charge in [-0.25, -0.2) is 4.57 Å². The Bertz CT molecular complexity index is 119. The highest BCUT2D eigenvalue weighted by Crippen LogP contribution is 2.12. The molecule has 0 saturated heterocycles. The molecule has 0 spiro atoms. The summed E-state index contributed by atoms with van der Waals surface area (Å²) in [6.45, 7) is 3.04. The van der Waals surface area contributed by atoms with Gasteiger partial charge in [0.25, 0.3) is 0 Å². The zero-order chi connectivity index (χ0) is 8.99. The summed E-state index contributed by atoms with van der Waals surface area (Å²) in [5, 5.41) is 0. The molecule has 0 bridgehead atoms. The van der Waals surface area contributed by atoms with E-state index in [1.54, 1.807) is 0 Å². The number of hydrogen-bond acceptors (Lipinski definition) is 2. The maximum Gasteiger partial charge on any atom is 0.364 e. The summed E-state index contributed by atoms with van der Waals surface area (Å²) < 4.78 is 13.4. The molecule has 0 fully saturated rings. The van der Waals surface area contributed by atoms with Crippen LogP contribution in [0.15, 0.2) is 12.8 Å². The van der Waals surface area contributed by atoms with E-state index in [1.165, 1.54) is 0 Å². The first-order valence-electron chi connectivity index (χ1n) is 1.94. The molecule has 0 aliphatic heterocycles. The Morgan fingerprint density at radius 1 is 1.40 bits per heavy atom. The summed E-state index contributed by atoms with van der Waals surface area (Å²) in [4.78, 5) is 7.81. The molecule has 0 aromatic rings. The summed E-state index contributed by atoms with van der Waals surface area (Å²) in [6, 6.07) is 0. The topological polar surface area (TPSA) is 46.5 Å². The second-order valence-corrected chi connectivity index (χ2v) is 1.32. The van der Waals surface area contributed by atoms with Gasteiger partial charge >= 0.3 is 8.25 Å². The first-order chi connectivity index (χ1) is 4.77. The van der Waals surface area contributed by atoms with Gasteiger partial charge in [0.15, 0.2) is 0 Å². The van der Waals surface area contributed by atoms with Crippen molar-refractivity contribution in [2.24, 2.45) is 0 Å². The Balaban J connectivity index is -0.000000105. The molecular weight excluding hydrogens is 151 g/mol. The molecule has 1 atom stereocenters. The van der Waals surface area contributed by atoms with E-state index in [1.807, 2.05) is 0 Å². The van der Waals surface area contributed by atoms with E-state index in [4.69, 9.17) is 4.89 Å². The Labute approximate surface area is 61.7 Å². The molecule has 0 rings (SSSR count). The molecule has 0 radical (unpaired) electrons. The maximum absolute atomic E-state index is 9.49. The second-order valence-electron chi connectivity index (χ2n) is 0.550. The fourth-order valence-corrected chi connectivity index (χ4v) is 0.214. The van der Waals surface area contributed by atoms with Crippen LogP contribution in [0.1, 0.15) is 0 Å². The van der Waals surface area contributed by atoms with Crippen LogP contribution in [0.4, 0.5) is 0 Å². The van der Waals surface area contributed by atoms with Crippen LogP contribution in [-0.4, -0.2) is 4.89 Å². The third-order valence-corrected chi connectivity index (χ3v) is 0.552. The van der Waals surface area contributed by atoms with Gasteiger partial charge in [0.2, 0.25) is 0 Å². The van der Waals surface area contributed by atoms with E-state index in [2.05, 4.69) is 36.8 Å². The van der Waals surface area contributed by atoms with Gasteiger partial charge < -0.3 is 9.42 Å². The molecular formula is C6H9O3P. The second kappa shape index (κ2) is 24.9. The van der Waals surface area contributed by atoms with E-state index in [0.29, 0.717) is 0 Å². The monoisotopic (exact) mass is 160 g/mol. The van der Waals surface area contributed by atoms with Gasteiger partial charge in [-0.05, 0) is 0 Å². The van der Waals surface area contributed by atoms with Gasteiger partial charge in [-0.1, -0.05) is 6.58 Å². The van der Waals surface area contributed by atoms with Crippen molar-refractivity contribution in [1.29, 1.82) is 0 Å². The molecule has 0 heterocycles. The van der Waals surface area contributed by atoms with Crippen molar-refractivity contribution in [1.82, 2.24) is 0 Å². The number of terminal acetylenes is 2. The van der Waals surface area contributed by atoms with Gasteiger partial charge in [-0.15, -0.1) is 25.7 Å². The molecule has 4 heteroatoms. The first-order valence-corrected chi connectivity index (χ1v) is 3.21. The minimum absolute atomic E-state index is 0.932. The Hall–Kier alpha value is -1.15. The van der Waals surface area contributed by atoms with Gasteiger partial charge in [-0.2, -0.15) is 0 Å². The van der Waals surface area contributed by atoms with E-state index in [0.717, 1.165) is 6.26 Å². The predicted molar refractivity (Wildman–Crippen MR) is 42.3 cm³/mol. The van der Waals surface area contributed by atoms with Crippen LogP contribution in [0, 0.1) is 25.7 Å². The van der Waals surface area contributed by atoms with Crippen LogP contribution < -0.4 is 0 Å². The lowest BCUT2D eigenvalue weighted by Crippen LogP contribution is -1.55. The molecule has 0 saturated carbocycles. The average Bonchev–Trinajstić information content (AvgIpc) is 1.96. The molecule has 56 valence electrons. The van der Waals surface area contributed by atoms with Crippen LogP contribution >= 0.6 is 8.25 Å². The Morgan fingerprint density at radius 2 is 1.70 bits per heavy atom. The molecule has 0 aliphatic rings. The lowest BCUT2D eigenvalue weighted by Gasteiger charge is -1.84. The zero-order valence-corrected chi connectivity index (χ0v) is 6.36. The average molecular weight is 160 g/mol. The number of rotatable bonds is 2. The normalized spacial score (nSPS) is 8.10. The molecule has 0 aromatic heterocycles. The van der Waals surface area contributed by atoms with Crippen LogP contribution in [0.25, 0.3) is 0 Å². The Kier molecular flexibility index (Phi) is 39.6. The van der Waals surface area contributed by atoms with Crippen molar-refractivity contribution in [2.45, 2.75) is 0 Å². The largest absolute Gasteiger partial charge is 0.435 e. The molecule has 1 unspecified atom stereocenters. The minimum Gasteiger partial charge on any atom is -0.435 e. The van der Waals surface area contributed by atoms with Crippen LogP contribution in [0.3, 0.4) is 0 Å². The summed E-state index contributed by atoms with van der Waals surface area (Å²) in [7, 11) is -2.75. The van der Waals surface area contributed by atoms with E-state index in [9.17, 15) is 4.57 Å². The van der Waals surface area contributed by atoms with Crippen LogP contribution in [0.5, 0.6) is 0 Å². The third kappa shape index (κ3) is 68.5. The third-order valence-electron chi connectivity index (χ3n) is 0.184. The minimum atomic E-state index is -2.75. The molecule has 0 aliphatic carbocycles. The summed E-state index contributed by atoms with van der Waals surface area (Å²) in [5.74, 6) is 0. The van der Waals surface area contributed by atoms with Gasteiger partial charge in [-0.3, -0.25) is 0 Å². The molecule has 0 amide bonds. The fourth-order valence-electron chi connectivity index (χ4n) is 0.0713. The van der Waals surface area contributed by atoms with Crippen LogP contribution in [-0.2, 0) is 9.09 Å². The predicted octanol–water partition coefficient (Wildman–Crippen LogP) is 1.03. The fraction of sp³-hybridized carbons (Fsp3) is 0. The molecule has 3 nitrogen and oxygen atoms in total. The molecule has 10 heavy (non-hydrogen) atoms. The first kappa shape index (κ1) is 15.9. The van der Waals surface area contributed by atoms with Gasteiger partial charge in [0.1, 0.15) is 0 Å². The van der Waals surface area contributed by atoms with Crippen molar-refractivity contribution >= 4 is 8.25 Å². The highest BCUT2D eigenvalue weighted by molar-refractivity contribution is 7.32. The van der Waals surface area contributed by atoms with E-state index < -0.39 is 8.25 Å². The Morgan fingerprint density at radius 3 is 1.70 bits per heavy atom. The molecule has 0 aromatic carbocycles. The van der Waals surface area contributed by atoms with Crippen molar-refractivity contribution in [3.05, 3.63) is 12.8 Å². The maximum atomic E-state index is 9.49. The highest BCUT2D eigenvalue weighted by atomic mass is 31.1. The van der Waals surface area contributed by atoms with Crippen molar-refractivity contribution in [3.63, 3.8) is 0 Å². The van der Waals surface area contributed by atoms with Gasteiger partial charge in [0.05, 0.1) is 6.26 Å². The summed E-state index contributed by atoms with van der Waals surface area (Å²) in [5.41, 5.74) is 0. The van der Waals surface area contributed by atoms with Crippen molar-refractivity contribution < 1.29 is 14.0 Å². The summed E-state index contributed by atoms with van der Waals surface area (Å²) >= 11 is 0. The SMILES string of the molecule is C#C.C#C.C=CO[PH](=O)O. The van der Waals surface area contributed by atoms with E-state index in [-0.39, 0.29) is 0 Å².